The van der Waals surface area contributed by atoms with Gasteiger partial charge in [-0.2, -0.15) is 0 Å². The van der Waals surface area contributed by atoms with Crippen LogP contribution in [0.1, 0.15) is 13.8 Å². The molecule has 0 saturated heterocycles. The van der Waals surface area contributed by atoms with Crippen LogP contribution in [0.25, 0.3) is 0 Å². The fourth-order valence-electron chi connectivity index (χ4n) is 0.465. The van der Waals surface area contributed by atoms with Crippen molar-refractivity contribution in [1.82, 2.24) is 0 Å². The first-order valence-corrected chi connectivity index (χ1v) is 3.38. The van der Waals surface area contributed by atoms with Crippen molar-refractivity contribution in [1.29, 1.82) is 0 Å². The van der Waals surface area contributed by atoms with E-state index in [2.05, 4.69) is 25.5 Å². The van der Waals surface area contributed by atoms with Gasteiger partial charge in [-0.3, -0.25) is 0 Å². The second-order valence-electron chi connectivity index (χ2n) is 1.77. The summed E-state index contributed by atoms with van der Waals surface area (Å²) < 4.78 is 0. The summed E-state index contributed by atoms with van der Waals surface area (Å²) in [7, 11) is 1.36. The minimum absolute atomic E-state index is 1.36. The molecule has 0 aromatic carbocycles. The van der Waals surface area contributed by atoms with Crippen LogP contribution in [0, 0.1) is 0 Å². The van der Waals surface area contributed by atoms with Crippen molar-refractivity contribution in [2.45, 2.75) is 13.8 Å². The van der Waals surface area contributed by atoms with Gasteiger partial charge < -0.3 is 0 Å². The van der Waals surface area contributed by atoms with Gasteiger partial charge in [-0.25, -0.2) is 0 Å². The topological polar surface area (TPSA) is 0 Å². The van der Waals surface area contributed by atoms with Crippen LogP contribution in [0.2, 0.25) is 0 Å². The molecule has 0 aromatic heterocycles. The summed E-state index contributed by atoms with van der Waals surface area (Å²) in [4.78, 5) is 0. The van der Waals surface area contributed by atoms with Gasteiger partial charge in [-0.15, -0.1) is 0 Å². The van der Waals surface area contributed by atoms with Crippen molar-refractivity contribution in [3.8, 4) is 0 Å². The largest absolute Gasteiger partial charge is 0.0485 e. The van der Waals surface area contributed by atoms with Gasteiger partial charge in [0.05, 0.1) is 0 Å². The molecule has 0 saturated carbocycles. The first-order chi connectivity index (χ1) is 3.30. The van der Waals surface area contributed by atoms with Crippen LogP contribution in [0.3, 0.4) is 0 Å². The highest BCUT2D eigenvalue weighted by atomic mass is 31.1. The third kappa shape index (κ3) is 0.920. The molecule has 0 fully saturated rings. The first-order valence-electron chi connectivity index (χ1n) is 2.34. The van der Waals surface area contributed by atoms with E-state index in [-0.39, 0.29) is 0 Å². The zero-order chi connectivity index (χ0) is 5.28. The van der Waals surface area contributed by atoms with Crippen LogP contribution >= 0.6 is 8.58 Å². The second-order valence-corrected chi connectivity index (χ2v) is 2.59. The summed E-state index contributed by atoms with van der Waals surface area (Å²) in [5, 5.41) is 0. The minimum Gasteiger partial charge on any atom is -0.0485 e. The van der Waals surface area contributed by atoms with E-state index in [0.717, 1.165) is 0 Å². The molecule has 0 atom stereocenters. The van der Waals surface area contributed by atoms with Gasteiger partial charge in [-0.05, 0) is 45.2 Å². The third-order valence-electron chi connectivity index (χ3n) is 1.16. The van der Waals surface area contributed by atoms with E-state index in [1.807, 2.05) is 0 Å². The Bertz CT molecular complexity index is 115. The molecule has 0 aromatic rings. The van der Waals surface area contributed by atoms with Crippen molar-refractivity contribution in [3.63, 3.8) is 0 Å². The SMILES string of the molecule is CC1=C[P]C=C1C. The minimum atomic E-state index is 1.36. The Kier molecular flexibility index (Phi) is 1.30. The zero-order valence-electron chi connectivity index (χ0n) is 4.60. The van der Waals surface area contributed by atoms with E-state index in [9.17, 15) is 0 Å². The molecular weight excluding hydrogens is 103 g/mol. The summed E-state index contributed by atoms with van der Waals surface area (Å²) in [6.07, 6.45) is 0. The summed E-state index contributed by atoms with van der Waals surface area (Å²) >= 11 is 0. The van der Waals surface area contributed by atoms with Crippen molar-refractivity contribution in [3.05, 3.63) is 22.8 Å². The molecule has 0 spiro atoms. The van der Waals surface area contributed by atoms with Crippen molar-refractivity contribution in [2.75, 3.05) is 0 Å². The smallest absolute Gasteiger partial charge is 0.0255 e. The average Bonchev–Trinajstić information content (AvgIpc) is 1.91. The molecule has 1 radical (unpaired) electrons. The molecule has 0 amide bonds. The van der Waals surface area contributed by atoms with Crippen LogP contribution in [0.15, 0.2) is 22.8 Å². The van der Waals surface area contributed by atoms with Gasteiger partial charge in [0, 0.05) is 0 Å². The van der Waals surface area contributed by atoms with Crippen molar-refractivity contribution < 1.29 is 0 Å². The number of hydrogen-bond acceptors (Lipinski definition) is 0. The quantitative estimate of drug-likeness (QED) is 0.421. The molecule has 0 unspecified atom stereocenters. The van der Waals surface area contributed by atoms with E-state index < -0.39 is 0 Å². The Labute approximate surface area is 46.1 Å². The summed E-state index contributed by atoms with van der Waals surface area (Å²) in [6.45, 7) is 4.29. The lowest BCUT2D eigenvalue weighted by molar-refractivity contribution is 1.39. The maximum Gasteiger partial charge on any atom is -0.0255 e. The highest BCUT2D eigenvalue weighted by molar-refractivity contribution is 7.45. The van der Waals surface area contributed by atoms with Gasteiger partial charge >= 0.3 is 0 Å². The molecule has 1 aliphatic heterocycles. The zero-order valence-corrected chi connectivity index (χ0v) is 5.50. The predicted octanol–water partition coefficient (Wildman–Crippen LogP) is 2.75. The molecule has 7 heavy (non-hydrogen) atoms. The highest BCUT2D eigenvalue weighted by Crippen LogP contribution is 2.30. The molecule has 1 heteroatoms. The van der Waals surface area contributed by atoms with Crippen LogP contribution in [0.5, 0.6) is 0 Å². The van der Waals surface area contributed by atoms with Crippen molar-refractivity contribution in [2.24, 2.45) is 0 Å². The number of hydrogen-bond donors (Lipinski definition) is 0. The monoisotopic (exact) mass is 111 g/mol. The van der Waals surface area contributed by atoms with E-state index >= 15 is 0 Å². The van der Waals surface area contributed by atoms with Crippen LogP contribution < -0.4 is 0 Å². The molecule has 0 bridgehead atoms. The van der Waals surface area contributed by atoms with Gasteiger partial charge in [0.2, 0.25) is 0 Å². The van der Waals surface area contributed by atoms with Gasteiger partial charge in [-0.1, -0.05) is 0 Å². The van der Waals surface area contributed by atoms with Crippen LogP contribution in [-0.4, -0.2) is 0 Å². The predicted molar refractivity (Wildman–Crippen MR) is 34.4 cm³/mol. The fourth-order valence-corrected chi connectivity index (χ4v) is 1.39. The van der Waals surface area contributed by atoms with Gasteiger partial charge in [0.1, 0.15) is 0 Å². The Morgan fingerprint density at radius 1 is 1.14 bits per heavy atom. The Balaban J connectivity index is 2.78. The van der Waals surface area contributed by atoms with Crippen molar-refractivity contribution >= 4 is 8.58 Å². The fraction of sp³-hybridized carbons (Fsp3) is 0.333. The first kappa shape index (κ1) is 5.05. The summed E-state index contributed by atoms with van der Waals surface area (Å²) in [5.41, 5.74) is 2.86. The Morgan fingerprint density at radius 2 is 1.57 bits per heavy atom. The van der Waals surface area contributed by atoms with Gasteiger partial charge in [0.15, 0.2) is 0 Å². The number of allylic oxidation sites excluding steroid dienone is 2. The lowest BCUT2D eigenvalue weighted by Crippen LogP contribution is -1.67. The number of rotatable bonds is 0. The summed E-state index contributed by atoms with van der Waals surface area (Å²) in [5.74, 6) is 4.44. The standard InChI is InChI=1S/C6H8P/c1-5-3-7-4-6(5)2/h3-4H,1-2H3. The molecule has 1 aliphatic rings. The van der Waals surface area contributed by atoms with Gasteiger partial charge in [0.25, 0.3) is 0 Å². The molecule has 1 rings (SSSR count). The maximum absolute atomic E-state index is 2.22. The van der Waals surface area contributed by atoms with E-state index in [1.54, 1.807) is 0 Å². The maximum atomic E-state index is 2.22. The molecule has 0 aliphatic carbocycles. The summed E-state index contributed by atoms with van der Waals surface area (Å²) in [6, 6.07) is 0. The molecular formula is C6H8P. The lowest BCUT2D eigenvalue weighted by atomic mass is 10.2. The second kappa shape index (κ2) is 1.79. The van der Waals surface area contributed by atoms with Crippen LogP contribution in [0.4, 0.5) is 0 Å². The third-order valence-corrected chi connectivity index (χ3v) is 2.23. The molecule has 1 heterocycles. The molecule has 0 N–H and O–H groups in total. The Hall–Kier alpha value is -0.0900. The highest BCUT2D eigenvalue weighted by Gasteiger charge is 1.96. The molecule has 37 valence electrons. The Morgan fingerprint density at radius 3 is 1.71 bits per heavy atom. The normalized spacial score (nSPS) is 19.1. The lowest BCUT2D eigenvalue weighted by Gasteiger charge is -1.87. The van der Waals surface area contributed by atoms with E-state index in [1.165, 1.54) is 19.7 Å². The van der Waals surface area contributed by atoms with E-state index in [0.29, 0.717) is 0 Å². The average molecular weight is 111 g/mol. The van der Waals surface area contributed by atoms with E-state index in [4.69, 9.17) is 0 Å². The van der Waals surface area contributed by atoms with Crippen LogP contribution in [-0.2, 0) is 0 Å². The molecule has 0 nitrogen and oxygen atoms in total.